The quantitative estimate of drug-likeness (QED) is 0.383. The number of ether oxygens (including phenoxy) is 3. The third kappa shape index (κ3) is 5.61. The molecular weight excluding hydrogens is 424 g/mol. The van der Waals surface area contributed by atoms with Crippen molar-refractivity contribution in [3.8, 4) is 28.4 Å². The number of carbonyl (C=O) groups is 1. The lowest BCUT2D eigenvalue weighted by molar-refractivity contribution is -0.122. The fourth-order valence-corrected chi connectivity index (χ4v) is 4.03. The minimum Gasteiger partial charge on any atom is -0.496 e. The topological polar surface area (TPSA) is 44.8 Å². The molecule has 1 aliphatic heterocycles. The van der Waals surface area contributed by atoms with Crippen LogP contribution in [-0.4, -0.2) is 19.7 Å². The summed E-state index contributed by atoms with van der Waals surface area (Å²) in [5.41, 5.74) is 4.57. The Bertz CT molecular complexity index is 1110. The van der Waals surface area contributed by atoms with Crippen molar-refractivity contribution < 1.29 is 19.0 Å². The molecule has 0 spiro atoms. The highest BCUT2D eigenvalue weighted by atomic mass is 16.7. The van der Waals surface area contributed by atoms with Crippen molar-refractivity contribution >= 4 is 5.78 Å². The molecule has 0 aromatic heterocycles. The van der Waals surface area contributed by atoms with Gasteiger partial charge in [0.2, 0.25) is 6.79 Å². The second kappa shape index (κ2) is 10.8. The number of hydrogen-bond acceptors (Lipinski definition) is 4. The van der Waals surface area contributed by atoms with Crippen molar-refractivity contribution in [2.75, 3.05) is 13.9 Å². The van der Waals surface area contributed by atoms with Crippen LogP contribution in [0.4, 0.5) is 0 Å². The van der Waals surface area contributed by atoms with Gasteiger partial charge in [0, 0.05) is 17.4 Å². The highest BCUT2D eigenvalue weighted by molar-refractivity contribution is 5.89. The number of methoxy groups -OCH3 is 1. The van der Waals surface area contributed by atoms with Crippen LogP contribution in [0.1, 0.15) is 58.1 Å². The van der Waals surface area contributed by atoms with Crippen LogP contribution >= 0.6 is 0 Å². The van der Waals surface area contributed by atoms with E-state index in [4.69, 9.17) is 14.2 Å². The van der Waals surface area contributed by atoms with Crippen molar-refractivity contribution in [3.63, 3.8) is 0 Å². The summed E-state index contributed by atoms with van der Waals surface area (Å²) in [6.07, 6.45) is 2.58. The maximum Gasteiger partial charge on any atom is 0.231 e. The standard InChI is InChI=1S/C22H26O2.C7H6O2.CH4/c1-15(2)17-7-5-6-8-18(17)19-13-16(9-10-20(19)24-4)14-21(23)22(3)11-12-22;1-2-4-7-6(3-1)8-5-9-7;/h5-10,13,15H,11-12,14H2,1-4H3;1-4H,5H2;1H4. The Kier molecular flexibility index (Phi) is 8.03. The van der Waals surface area contributed by atoms with Gasteiger partial charge in [0.05, 0.1) is 7.11 Å². The Morgan fingerprint density at radius 1 is 0.941 bits per heavy atom. The van der Waals surface area contributed by atoms with Crippen LogP contribution in [0.5, 0.6) is 17.2 Å². The molecule has 1 fully saturated rings. The molecule has 1 aliphatic carbocycles. The van der Waals surface area contributed by atoms with Gasteiger partial charge in [0.25, 0.3) is 0 Å². The van der Waals surface area contributed by atoms with Crippen LogP contribution in [0.2, 0.25) is 0 Å². The molecule has 0 N–H and O–H groups in total. The summed E-state index contributed by atoms with van der Waals surface area (Å²) in [5.74, 6) is 3.34. The molecule has 1 saturated carbocycles. The molecule has 0 bridgehead atoms. The number of hydrogen-bond donors (Lipinski definition) is 0. The molecule has 3 aromatic carbocycles. The van der Waals surface area contributed by atoms with Gasteiger partial charge in [-0.25, -0.2) is 0 Å². The van der Waals surface area contributed by atoms with E-state index in [1.54, 1.807) is 7.11 Å². The molecule has 4 heteroatoms. The van der Waals surface area contributed by atoms with Gasteiger partial charge >= 0.3 is 0 Å². The average molecular weight is 461 g/mol. The van der Waals surface area contributed by atoms with Gasteiger partial charge < -0.3 is 14.2 Å². The first-order chi connectivity index (χ1) is 15.9. The summed E-state index contributed by atoms with van der Waals surface area (Å²) in [7, 11) is 1.70. The van der Waals surface area contributed by atoms with Crippen LogP contribution in [0.15, 0.2) is 66.7 Å². The van der Waals surface area contributed by atoms with Crippen molar-refractivity contribution in [2.24, 2.45) is 5.41 Å². The van der Waals surface area contributed by atoms with Crippen LogP contribution in [0.25, 0.3) is 11.1 Å². The van der Waals surface area contributed by atoms with Crippen molar-refractivity contribution in [1.29, 1.82) is 0 Å². The van der Waals surface area contributed by atoms with E-state index in [0.29, 0.717) is 24.9 Å². The second-order valence-electron chi connectivity index (χ2n) is 9.29. The Morgan fingerprint density at radius 2 is 1.56 bits per heavy atom. The van der Waals surface area contributed by atoms with Gasteiger partial charge in [0.15, 0.2) is 11.5 Å². The zero-order chi connectivity index (χ0) is 23.4. The first kappa shape index (κ1) is 25.4. The van der Waals surface area contributed by atoms with Crippen LogP contribution in [0.3, 0.4) is 0 Å². The van der Waals surface area contributed by atoms with E-state index in [9.17, 15) is 4.79 Å². The first-order valence-electron chi connectivity index (χ1n) is 11.6. The maximum atomic E-state index is 12.4. The third-order valence-electron chi connectivity index (χ3n) is 6.45. The summed E-state index contributed by atoms with van der Waals surface area (Å²) >= 11 is 0. The Hall–Kier alpha value is -3.27. The Balaban J connectivity index is 0.000000270. The summed E-state index contributed by atoms with van der Waals surface area (Å²) in [6.45, 7) is 6.84. The highest BCUT2D eigenvalue weighted by Gasteiger charge is 2.43. The molecule has 3 aromatic rings. The minimum absolute atomic E-state index is 0. The number of benzene rings is 3. The Morgan fingerprint density at radius 3 is 2.15 bits per heavy atom. The summed E-state index contributed by atoms with van der Waals surface area (Å²) < 4.78 is 15.7. The molecule has 0 unspecified atom stereocenters. The molecule has 0 saturated heterocycles. The van der Waals surface area contributed by atoms with E-state index in [2.05, 4.69) is 51.1 Å². The molecule has 0 amide bonds. The maximum absolute atomic E-state index is 12.4. The Labute approximate surface area is 203 Å². The lowest BCUT2D eigenvalue weighted by Crippen LogP contribution is -2.14. The molecule has 2 aliphatic rings. The zero-order valence-electron chi connectivity index (χ0n) is 19.9. The van der Waals surface area contributed by atoms with E-state index >= 15 is 0 Å². The predicted octanol–water partition coefficient (Wildman–Crippen LogP) is 7.45. The minimum atomic E-state index is -0.0735. The van der Waals surface area contributed by atoms with Gasteiger partial charge in [-0.1, -0.05) is 70.7 Å². The van der Waals surface area contributed by atoms with E-state index in [-0.39, 0.29) is 12.8 Å². The van der Waals surface area contributed by atoms with Crippen LogP contribution in [0, 0.1) is 5.41 Å². The second-order valence-corrected chi connectivity index (χ2v) is 9.29. The summed E-state index contributed by atoms with van der Waals surface area (Å²) in [4.78, 5) is 12.4. The number of ketones is 1. The molecule has 34 heavy (non-hydrogen) atoms. The number of carbonyl (C=O) groups excluding carboxylic acids is 1. The molecule has 1 heterocycles. The van der Waals surface area contributed by atoms with Gasteiger partial charge in [-0.2, -0.15) is 0 Å². The molecule has 0 atom stereocenters. The van der Waals surface area contributed by atoms with Gasteiger partial charge in [0.1, 0.15) is 11.5 Å². The highest BCUT2D eigenvalue weighted by Crippen LogP contribution is 2.46. The summed E-state index contributed by atoms with van der Waals surface area (Å²) in [5, 5.41) is 0. The van der Waals surface area contributed by atoms with Crippen molar-refractivity contribution in [1.82, 2.24) is 0 Å². The lowest BCUT2D eigenvalue weighted by atomic mass is 9.90. The molecule has 4 nitrogen and oxygen atoms in total. The molecule has 5 rings (SSSR count). The molecular formula is C30H36O4. The fourth-order valence-electron chi connectivity index (χ4n) is 4.03. The van der Waals surface area contributed by atoms with Gasteiger partial charge in [-0.3, -0.25) is 4.79 Å². The van der Waals surface area contributed by atoms with E-state index in [1.807, 2.05) is 36.4 Å². The van der Waals surface area contributed by atoms with E-state index in [1.165, 1.54) is 11.1 Å². The zero-order valence-corrected chi connectivity index (χ0v) is 19.9. The number of fused-ring (bicyclic) bond motifs is 1. The van der Waals surface area contributed by atoms with Crippen molar-refractivity contribution in [2.45, 2.75) is 53.4 Å². The van der Waals surface area contributed by atoms with Gasteiger partial charge in [-0.05, 0) is 59.7 Å². The lowest BCUT2D eigenvalue weighted by Gasteiger charge is -2.17. The van der Waals surface area contributed by atoms with E-state index < -0.39 is 0 Å². The predicted molar refractivity (Wildman–Crippen MR) is 138 cm³/mol. The van der Waals surface area contributed by atoms with Gasteiger partial charge in [-0.15, -0.1) is 0 Å². The van der Waals surface area contributed by atoms with Crippen molar-refractivity contribution in [3.05, 3.63) is 77.9 Å². The number of para-hydroxylation sites is 2. The first-order valence-corrected chi connectivity index (χ1v) is 11.6. The third-order valence-corrected chi connectivity index (χ3v) is 6.45. The van der Waals surface area contributed by atoms with Crippen LogP contribution in [-0.2, 0) is 11.2 Å². The van der Waals surface area contributed by atoms with Crippen LogP contribution < -0.4 is 14.2 Å². The van der Waals surface area contributed by atoms with E-state index in [0.717, 1.165) is 41.2 Å². The normalized spacial score (nSPS) is 14.5. The largest absolute Gasteiger partial charge is 0.496 e. The smallest absolute Gasteiger partial charge is 0.231 e. The fraction of sp³-hybridized carbons (Fsp3) is 0.367. The molecule has 180 valence electrons. The molecule has 0 radical (unpaired) electrons. The monoisotopic (exact) mass is 460 g/mol. The number of Topliss-reactive ketones (excluding diaryl/α,β-unsaturated/α-hetero) is 1. The number of rotatable bonds is 6. The summed E-state index contributed by atoms with van der Waals surface area (Å²) in [6, 6.07) is 22.2. The SMILES string of the molecule is C.COc1ccc(CC(=O)C2(C)CC2)cc1-c1ccccc1C(C)C.c1ccc2c(c1)OCO2. The average Bonchev–Trinajstić information content (AvgIpc) is 3.41.